The monoisotopic (exact) mass is 829 g/mol. The molecule has 1 aliphatic heterocycles. The number of nitrogens with zero attached hydrogens (tertiary/aromatic N) is 1. The Hall–Kier alpha value is -1.19. The second kappa shape index (κ2) is 23.3. The highest BCUT2D eigenvalue weighted by Gasteiger charge is 2.39. The second-order valence-corrected chi connectivity index (χ2v) is 22.8. The van der Waals surface area contributed by atoms with Gasteiger partial charge in [0.25, 0.3) is 10.0 Å². The maximum Gasteiger partial charge on any atom is 0.265 e. The van der Waals surface area contributed by atoms with Crippen LogP contribution < -0.4 is 4.31 Å². The molecule has 0 atom stereocenters. The van der Waals surface area contributed by atoms with Crippen molar-refractivity contribution >= 4 is 70.5 Å². The highest BCUT2D eigenvalue weighted by molar-refractivity contribution is 7.93. The largest absolute Gasteiger partial charge is 0.265 e. The van der Waals surface area contributed by atoms with Crippen LogP contribution in [0.1, 0.15) is 191 Å². The SMILES string of the molecule is CCCCCCCCCCCCCCC(CCCCCCCCCCCCCC)CN1c2cc(-c3cc4sc(C)cc4s3)sc2-c2sc(C)cc2S1(=O)=O. The Kier molecular flexibility index (Phi) is 18.9. The Morgan fingerprint density at radius 1 is 0.500 bits per heavy atom. The van der Waals surface area contributed by atoms with E-state index in [4.69, 9.17) is 0 Å². The fourth-order valence-corrected chi connectivity index (χ4v) is 15.3. The average Bonchev–Trinajstić information content (AvgIpc) is 3.93. The number of hydrogen-bond donors (Lipinski definition) is 0. The van der Waals surface area contributed by atoms with Crippen molar-refractivity contribution in [3.05, 3.63) is 34.0 Å². The Morgan fingerprint density at radius 3 is 1.44 bits per heavy atom. The zero-order valence-electron chi connectivity index (χ0n) is 34.3. The van der Waals surface area contributed by atoms with Gasteiger partial charge in [-0.3, -0.25) is 4.31 Å². The Morgan fingerprint density at radius 2 is 0.944 bits per heavy atom. The van der Waals surface area contributed by atoms with Crippen LogP contribution in [0.5, 0.6) is 0 Å². The smallest absolute Gasteiger partial charge is 0.264 e. The summed E-state index contributed by atoms with van der Waals surface area (Å²) < 4.78 is 33.5. The number of rotatable bonds is 29. The van der Waals surface area contributed by atoms with E-state index in [1.54, 1.807) is 22.7 Å². The molecule has 8 heteroatoms. The highest BCUT2D eigenvalue weighted by atomic mass is 32.2. The molecule has 0 saturated carbocycles. The molecule has 5 heterocycles. The van der Waals surface area contributed by atoms with Gasteiger partial charge in [-0.2, -0.15) is 0 Å². The summed E-state index contributed by atoms with van der Waals surface area (Å²) in [5.74, 6) is 0.388. The van der Waals surface area contributed by atoms with Gasteiger partial charge in [0, 0.05) is 35.5 Å². The number of hydrogen-bond acceptors (Lipinski definition) is 6. The van der Waals surface area contributed by atoms with E-state index < -0.39 is 10.0 Å². The maximum atomic E-state index is 14.5. The summed E-state index contributed by atoms with van der Waals surface area (Å²) in [5.41, 5.74) is 0.923. The Balaban J connectivity index is 1.19. The first-order chi connectivity index (χ1) is 26.3. The van der Waals surface area contributed by atoms with Crippen LogP contribution in [0, 0.1) is 19.8 Å². The molecule has 0 bridgehead atoms. The summed E-state index contributed by atoms with van der Waals surface area (Å²) in [5, 5.41) is 0. The van der Waals surface area contributed by atoms with Gasteiger partial charge in [0.2, 0.25) is 0 Å². The van der Waals surface area contributed by atoms with Crippen molar-refractivity contribution in [2.45, 2.75) is 200 Å². The summed E-state index contributed by atoms with van der Waals surface area (Å²) >= 11 is 7.13. The predicted molar refractivity (Wildman–Crippen MR) is 245 cm³/mol. The topological polar surface area (TPSA) is 37.4 Å². The van der Waals surface area contributed by atoms with Crippen molar-refractivity contribution in [2.75, 3.05) is 10.8 Å². The molecule has 0 saturated heterocycles. The average molecular weight is 830 g/mol. The van der Waals surface area contributed by atoms with Crippen LogP contribution >= 0.6 is 45.3 Å². The van der Waals surface area contributed by atoms with Crippen molar-refractivity contribution in [1.82, 2.24) is 0 Å². The number of anilines is 1. The van der Waals surface area contributed by atoms with Crippen molar-refractivity contribution in [3.63, 3.8) is 0 Å². The van der Waals surface area contributed by atoms with Gasteiger partial charge in [-0.1, -0.05) is 168 Å². The lowest BCUT2D eigenvalue weighted by Crippen LogP contribution is -2.37. The molecular formula is C46H71NO2S5. The molecule has 0 spiro atoms. The summed E-state index contributed by atoms with van der Waals surface area (Å²) in [6.45, 7) is 9.42. The van der Waals surface area contributed by atoms with E-state index in [1.807, 2.05) is 33.0 Å². The molecule has 0 N–H and O–H groups in total. The maximum absolute atomic E-state index is 14.5. The van der Waals surface area contributed by atoms with Crippen LogP contribution in [0.3, 0.4) is 0 Å². The van der Waals surface area contributed by atoms with Crippen LogP contribution in [-0.2, 0) is 10.0 Å². The molecule has 0 aromatic carbocycles. The number of unbranched alkanes of at least 4 members (excludes halogenated alkanes) is 22. The third-order valence-corrected chi connectivity index (χ3v) is 18.2. The standard InChI is InChI=1S/C46H71NO2S5/c1-5-7-9-11-13-15-17-19-21-23-25-27-29-38(30-28-26-24-22-20-18-16-14-12-10-8-6-2)35-47-39-33-41(43-34-42-40(52-43)31-36(3)50-42)53-45(39)46-44(54(47,48)49)32-37(4)51-46/h31-34,38H,5-30,35H2,1-4H3. The van der Waals surface area contributed by atoms with Crippen molar-refractivity contribution in [1.29, 1.82) is 0 Å². The van der Waals surface area contributed by atoms with Crippen LogP contribution in [0.15, 0.2) is 29.2 Å². The lowest BCUT2D eigenvalue weighted by atomic mass is 9.93. The van der Waals surface area contributed by atoms with E-state index in [0.717, 1.165) is 33.2 Å². The van der Waals surface area contributed by atoms with Gasteiger partial charge in [0.1, 0.15) is 4.90 Å². The van der Waals surface area contributed by atoms with E-state index in [2.05, 4.69) is 45.9 Å². The molecule has 0 unspecified atom stereocenters. The normalized spacial score (nSPS) is 13.8. The number of sulfonamides is 1. The predicted octanol–water partition coefficient (Wildman–Crippen LogP) is 17.3. The Labute approximate surface area is 346 Å². The van der Waals surface area contributed by atoms with Gasteiger partial charge in [-0.05, 0) is 56.9 Å². The first-order valence-electron chi connectivity index (χ1n) is 22.1. The molecular weight excluding hydrogens is 759 g/mol. The van der Waals surface area contributed by atoms with Gasteiger partial charge in [-0.15, -0.1) is 45.3 Å². The van der Waals surface area contributed by atoms with Gasteiger partial charge in [0.15, 0.2) is 0 Å². The molecule has 0 amide bonds. The van der Waals surface area contributed by atoms with E-state index in [0.29, 0.717) is 17.4 Å². The molecule has 0 radical (unpaired) electrons. The fourth-order valence-electron chi connectivity index (χ4n) is 8.32. The lowest BCUT2D eigenvalue weighted by molar-refractivity contribution is 0.408. The minimum absolute atomic E-state index is 0.388. The van der Waals surface area contributed by atoms with Crippen LogP contribution in [0.4, 0.5) is 5.69 Å². The van der Waals surface area contributed by atoms with E-state index in [1.165, 1.54) is 178 Å². The summed E-state index contributed by atoms with van der Waals surface area (Å²) in [6.07, 6.45) is 34.8. The molecule has 1 aliphatic rings. The van der Waals surface area contributed by atoms with Crippen LogP contribution in [0.2, 0.25) is 0 Å². The second-order valence-electron chi connectivity index (χ2n) is 16.3. The third kappa shape index (κ3) is 12.9. The fraction of sp³-hybridized carbons (Fsp3) is 0.696. The van der Waals surface area contributed by atoms with Gasteiger partial charge < -0.3 is 0 Å². The number of fused-ring (bicyclic) bond motifs is 4. The van der Waals surface area contributed by atoms with Gasteiger partial charge >= 0.3 is 0 Å². The minimum atomic E-state index is -3.61. The van der Waals surface area contributed by atoms with E-state index in [9.17, 15) is 8.42 Å². The number of aryl methyl sites for hydroxylation is 2. The molecule has 4 aromatic heterocycles. The molecule has 4 aromatic rings. The van der Waals surface area contributed by atoms with Gasteiger partial charge in [0.05, 0.1) is 15.4 Å². The molecule has 302 valence electrons. The molecule has 0 fully saturated rings. The van der Waals surface area contributed by atoms with Gasteiger partial charge in [-0.25, -0.2) is 8.42 Å². The van der Waals surface area contributed by atoms with Crippen LogP contribution in [-0.4, -0.2) is 15.0 Å². The third-order valence-electron chi connectivity index (χ3n) is 11.5. The summed E-state index contributed by atoms with van der Waals surface area (Å²) in [6, 6.07) is 8.75. The molecule has 3 nitrogen and oxygen atoms in total. The van der Waals surface area contributed by atoms with Crippen molar-refractivity contribution < 1.29 is 8.42 Å². The quantitative estimate of drug-likeness (QED) is 0.0511. The first kappa shape index (κ1) is 43.9. The Bertz CT molecular complexity index is 1700. The zero-order chi connectivity index (χ0) is 38.2. The first-order valence-corrected chi connectivity index (χ1v) is 26.8. The van der Waals surface area contributed by atoms with Crippen molar-refractivity contribution in [3.8, 4) is 19.5 Å². The summed E-state index contributed by atoms with van der Waals surface area (Å²) in [7, 11) is -3.61. The van der Waals surface area contributed by atoms with E-state index >= 15 is 0 Å². The minimum Gasteiger partial charge on any atom is -0.264 e. The lowest BCUT2D eigenvalue weighted by Gasteiger charge is -2.32. The molecule has 5 rings (SSSR count). The van der Waals surface area contributed by atoms with E-state index in [-0.39, 0.29) is 0 Å². The molecule has 0 aliphatic carbocycles. The molecule has 54 heavy (non-hydrogen) atoms. The van der Waals surface area contributed by atoms with Crippen molar-refractivity contribution in [2.24, 2.45) is 5.92 Å². The highest BCUT2D eigenvalue weighted by Crippen LogP contribution is 2.54. The number of thiophene rings is 4. The summed E-state index contributed by atoms with van der Waals surface area (Å²) in [4.78, 5) is 7.50. The zero-order valence-corrected chi connectivity index (χ0v) is 38.4. The van der Waals surface area contributed by atoms with Crippen LogP contribution in [0.25, 0.3) is 28.9 Å².